The Morgan fingerprint density at radius 2 is 1.93 bits per heavy atom. The summed E-state index contributed by atoms with van der Waals surface area (Å²) in [4.78, 5) is 24.2. The average Bonchev–Trinajstić information content (AvgIpc) is 3.21. The third-order valence-corrected chi connectivity index (χ3v) is 3.84. The summed E-state index contributed by atoms with van der Waals surface area (Å²) in [5.74, 6) is -0.483. The van der Waals surface area contributed by atoms with Crippen LogP contribution in [0.25, 0.3) is 5.69 Å². The first-order valence-corrected chi connectivity index (χ1v) is 8.28. The molecule has 138 valence electrons. The van der Waals surface area contributed by atoms with Gasteiger partial charge in [-0.05, 0) is 55.0 Å². The molecule has 3 aromatic rings. The number of ether oxygens (including phenoxy) is 2. The van der Waals surface area contributed by atoms with E-state index in [1.165, 1.54) is 7.11 Å². The van der Waals surface area contributed by atoms with Crippen LogP contribution in [0.5, 0.6) is 5.75 Å². The van der Waals surface area contributed by atoms with Crippen LogP contribution in [0.2, 0.25) is 0 Å². The largest absolute Gasteiger partial charge is 0.495 e. The SMILES string of the molecule is COc1ccc(C)cc1NC(=O)COC(=O)c1ccc(-n2cccn2)cc1. The number of nitrogens with zero attached hydrogens (tertiary/aromatic N) is 2. The normalized spacial score (nSPS) is 10.3. The number of esters is 1. The molecule has 0 saturated heterocycles. The Balaban J connectivity index is 1.57. The molecule has 27 heavy (non-hydrogen) atoms. The quantitative estimate of drug-likeness (QED) is 0.679. The average molecular weight is 365 g/mol. The summed E-state index contributed by atoms with van der Waals surface area (Å²) in [6.07, 6.45) is 3.47. The van der Waals surface area contributed by atoms with Gasteiger partial charge in [0.1, 0.15) is 5.75 Å². The van der Waals surface area contributed by atoms with Gasteiger partial charge in [-0.25, -0.2) is 9.48 Å². The van der Waals surface area contributed by atoms with Crippen molar-refractivity contribution in [1.29, 1.82) is 0 Å². The molecule has 3 rings (SSSR count). The zero-order valence-corrected chi connectivity index (χ0v) is 15.0. The molecular formula is C20H19N3O4. The van der Waals surface area contributed by atoms with Gasteiger partial charge >= 0.3 is 5.97 Å². The van der Waals surface area contributed by atoms with Crippen molar-refractivity contribution in [2.24, 2.45) is 0 Å². The molecule has 1 heterocycles. The molecule has 0 aliphatic carbocycles. The number of rotatable bonds is 6. The second kappa shape index (κ2) is 8.18. The lowest BCUT2D eigenvalue weighted by Gasteiger charge is -2.11. The summed E-state index contributed by atoms with van der Waals surface area (Å²) in [5, 5.41) is 6.80. The Kier molecular flexibility index (Phi) is 5.51. The van der Waals surface area contributed by atoms with Crippen LogP contribution in [-0.4, -0.2) is 35.4 Å². The molecule has 0 fully saturated rings. The van der Waals surface area contributed by atoms with Gasteiger partial charge in [0.2, 0.25) is 0 Å². The minimum absolute atomic E-state index is 0.354. The summed E-state index contributed by atoms with van der Waals surface area (Å²) in [6.45, 7) is 1.51. The fourth-order valence-corrected chi connectivity index (χ4v) is 2.49. The van der Waals surface area contributed by atoms with Crippen LogP contribution in [0.3, 0.4) is 0 Å². The van der Waals surface area contributed by atoms with Gasteiger partial charge < -0.3 is 14.8 Å². The predicted octanol–water partition coefficient (Wildman–Crippen LogP) is 2.98. The van der Waals surface area contributed by atoms with Gasteiger partial charge in [-0.2, -0.15) is 5.10 Å². The first-order chi connectivity index (χ1) is 13.1. The second-order valence-electron chi connectivity index (χ2n) is 5.83. The van der Waals surface area contributed by atoms with E-state index in [2.05, 4.69) is 10.4 Å². The zero-order valence-electron chi connectivity index (χ0n) is 15.0. The number of anilines is 1. The fraction of sp³-hybridized carbons (Fsp3) is 0.150. The van der Waals surface area contributed by atoms with E-state index < -0.39 is 18.5 Å². The molecule has 1 aromatic heterocycles. The summed E-state index contributed by atoms with van der Waals surface area (Å²) in [5.41, 5.74) is 2.68. The van der Waals surface area contributed by atoms with Crippen LogP contribution in [0.4, 0.5) is 5.69 Å². The van der Waals surface area contributed by atoms with Crippen LogP contribution in [0, 0.1) is 6.92 Å². The van der Waals surface area contributed by atoms with Crippen molar-refractivity contribution in [3.63, 3.8) is 0 Å². The Bertz CT molecular complexity index is 934. The Morgan fingerprint density at radius 1 is 1.15 bits per heavy atom. The van der Waals surface area contributed by atoms with E-state index in [1.54, 1.807) is 53.5 Å². The molecule has 2 aromatic carbocycles. The lowest BCUT2D eigenvalue weighted by Crippen LogP contribution is -2.21. The van der Waals surface area contributed by atoms with Crippen LogP contribution in [-0.2, 0) is 9.53 Å². The molecule has 0 radical (unpaired) electrons. The highest BCUT2D eigenvalue weighted by Gasteiger charge is 2.12. The molecule has 0 unspecified atom stereocenters. The molecule has 0 saturated carbocycles. The Labute approximate surface area is 156 Å². The minimum Gasteiger partial charge on any atom is -0.495 e. The highest BCUT2D eigenvalue weighted by Crippen LogP contribution is 2.25. The van der Waals surface area contributed by atoms with Crippen LogP contribution in [0.15, 0.2) is 60.9 Å². The first-order valence-electron chi connectivity index (χ1n) is 8.28. The van der Waals surface area contributed by atoms with E-state index in [-0.39, 0.29) is 0 Å². The number of benzene rings is 2. The number of nitrogens with one attached hydrogen (secondary N) is 1. The van der Waals surface area contributed by atoms with Crippen LogP contribution < -0.4 is 10.1 Å². The third-order valence-electron chi connectivity index (χ3n) is 3.84. The van der Waals surface area contributed by atoms with Crippen LogP contribution in [0.1, 0.15) is 15.9 Å². The molecule has 0 spiro atoms. The first kappa shape index (κ1) is 18.2. The molecule has 0 bridgehead atoms. The minimum atomic E-state index is -0.576. The molecule has 7 nitrogen and oxygen atoms in total. The molecule has 1 amide bonds. The molecule has 0 aliphatic heterocycles. The maximum Gasteiger partial charge on any atom is 0.338 e. The van der Waals surface area contributed by atoms with Crippen molar-refractivity contribution in [2.45, 2.75) is 6.92 Å². The number of methoxy groups -OCH3 is 1. The third kappa shape index (κ3) is 4.52. The molecule has 7 heteroatoms. The topological polar surface area (TPSA) is 82.5 Å². The summed E-state index contributed by atoms with van der Waals surface area (Å²) < 4.78 is 12.0. The molecule has 0 aliphatic rings. The summed E-state index contributed by atoms with van der Waals surface area (Å²) in [7, 11) is 1.52. The van der Waals surface area contributed by atoms with E-state index in [4.69, 9.17) is 9.47 Å². The van der Waals surface area contributed by atoms with Crippen LogP contribution >= 0.6 is 0 Å². The highest BCUT2D eigenvalue weighted by atomic mass is 16.5. The number of hydrogen-bond acceptors (Lipinski definition) is 5. The predicted molar refractivity (Wildman–Crippen MR) is 100 cm³/mol. The van der Waals surface area contributed by atoms with Crippen molar-refractivity contribution in [2.75, 3.05) is 19.0 Å². The lowest BCUT2D eigenvalue weighted by atomic mass is 10.2. The molecule has 0 atom stereocenters. The van der Waals surface area contributed by atoms with Crippen molar-refractivity contribution < 1.29 is 19.1 Å². The molecule has 1 N–H and O–H groups in total. The van der Waals surface area contributed by atoms with Gasteiger partial charge in [-0.15, -0.1) is 0 Å². The Morgan fingerprint density at radius 3 is 2.59 bits per heavy atom. The zero-order chi connectivity index (χ0) is 19.2. The van der Waals surface area contributed by atoms with Gasteiger partial charge in [0.25, 0.3) is 5.91 Å². The van der Waals surface area contributed by atoms with Crippen molar-refractivity contribution in [3.8, 4) is 11.4 Å². The second-order valence-corrected chi connectivity index (χ2v) is 5.83. The number of carbonyl (C=O) groups is 2. The van der Waals surface area contributed by atoms with E-state index in [0.29, 0.717) is 17.0 Å². The number of hydrogen-bond donors (Lipinski definition) is 1. The van der Waals surface area contributed by atoms with E-state index in [1.807, 2.05) is 19.1 Å². The Hall–Kier alpha value is -3.61. The van der Waals surface area contributed by atoms with Gasteiger partial charge in [-0.1, -0.05) is 6.07 Å². The number of carbonyl (C=O) groups excluding carboxylic acids is 2. The highest BCUT2D eigenvalue weighted by molar-refractivity contribution is 5.96. The summed E-state index contributed by atoms with van der Waals surface area (Å²) >= 11 is 0. The van der Waals surface area contributed by atoms with Gasteiger partial charge in [0, 0.05) is 12.4 Å². The van der Waals surface area contributed by atoms with Gasteiger partial charge in [0.15, 0.2) is 6.61 Å². The lowest BCUT2D eigenvalue weighted by molar-refractivity contribution is -0.119. The standard InChI is InChI=1S/C20H19N3O4/c1-14-4-9-18(26-2)17(12-14)22-19(24)13-27-20(25)15-5-7-16(8-6-15)23-11-3-10-21-23/h3-12H,13H2,1-2H3,(H,22,24). The van der Waals surface area contributed by atoms with Crippen molar-refractivity contribution >= 4 is 17.6 Å². The van der Waals surface area contributed by atoms with E-state index >= 15 is 0 Å². The number of amides is 1. The number of aromatic nitrogens is 2. The fourth-order valence-electron chi connectivity index (χ4n) is 2.49. The smallest absolute Gasteiger partial charge is 0.338 e. The van der Waals surface area contributed by atoms with E-state index in [9.17, 15) is 9.59 Å². The maximum absolute atomic E-state index is 12.1. The van der Waals surface area contributed by atoms with E-state index in [0.717, 1.165) is 11.3 Å². The van der Waals surface area contributed by atoms with Crippen molar-refractivity contribution in [3.05, 3.63) is 72.1 Å². The molecular weight excluding hydrogens is 346 g/mol. The van der Waals surface area contributed by atoms with Crippen molar-refractivity contribution in [1.82, 2.24) is 9.78 Å². The van der Waals surface area contributed by atoms with Gasteiger partial charge in [0.05, 0.1) is 24.0 Å². The number of aryl methyl sites for hydroxylation is 1. The monoisotopic (exact) mass is 365 g/mol. The maximum atomic E-state index is 12.1. The van der Waals surface area contributed by atoms with Gasteiger partial charge in [-0.3, -0.25) is 4.79 Å². The summed E-state index contributed by atoms with van der Waals surface area (Å²) in [6, 6.07) is 14.0.